The molecule has 0 spiro atoms. The highest BCUT2D eigenvalue weighted by molar-refractivity contribution is 5.84. The van der Waals surface area contributed by atoms with Crippen molar-refractivity contribution in [3.8, 4) is 0 Å². The molecule has 1 amide bonds. The molecule has 0 aromatic heterocycles. The van der Waals surface area contributed by atoms with E-state index < -0.39 is 0 Å². The van der Waals surface area contributed by atoms with Crippen LogP contribution in [0.5, 0.6) is 0 Å². The van der Waals surface area contributed by atoms with Gasteiger partial charge in [0.05, 0.1) is 19.1 Å². The second-order valence-electron chi connectivity index (χ2n) is 4.86. The molecule has 4 nitrogen and oxygen atoms in total. The van der Waals surface area contributed by atoms with Crippen LogP contribution in [0.3, 0.4) is 0 Å². The monoisotopic (exact) mass is 274 g/mol. The second kappa shape index (κ2) is 7.82. The topological polar surface area (TPSA) is 50.4 Å². The Kier molecular flexibility index (Phi) is 5.77. The van der Waals surface area contributed by atoms with Crippen molar-refractivity contribution in [1.82, 2.24) is 10.6 Å². The number of ether oxygens (including phenoxy) is 1. The normalized spacial score (nSPS) is 17.3. The Balaban J connectivity index is 1.80. The lowest BCUT2D eigenvalue weighted by Gasteiger charge is -2.25. The number of benzene rings is 1. The highest BCUT2D eigenvalue weighted by Gasteiger charge is 2.25. The molecule has 0 saturated carbocycles. The number of carbonyl (C=O) groups is 1. The molecule has 20 heavy (non-hydrogen) atoms. The van der Waals surface area contributed by atoms with Gasteiger partial charge in [-0.15, -0.1) is 6.58 Å². The van der Waals surface area contributed by atoms with Crippen LogP contribution in [0.4, 0.5) is 0 Å². The molecule has 1 aromatic rings. The summed E-state index contributed by atoms with van der Waals surface area (Å²) in [5, 5.41) is 6.23. The van der Waals surface area contributed by atoms with Crippen LogP contribution >= 0.6 is 0 Å². The minimum Gasteiger partial charge on any atom is -0.379 e. The van der Waals surface area contributed by atoms with Crippen molar-refractivity contribution in [2.75, 3.05) is 26.3 Å². The van der Waals surface area contributed by atoms with E-state index in [1.54, 1.807) is 0 Å². The van der Waals surface area contributed by atoms with Gasteiger partial charge in [0, 0.05) is 19.6 Å². The third kappa shape index (κ3) is 3.92. The highest BCUT2D eigenvalue weighted by Crippen LogP contribution is 2.23. The Labute approximate surface area is 120 Å². The molecule has 1 aromatic carbocycles. The number of nitrogens with one attached hydrogen (secondary N) is 2. The minimum atomic E-state index is -0.104. The van der Waals surface area contributed by atoms with E-state index in [9.17, 15) is 4.79 Å². The smallest absolute Gasteiger partial charge is 0.228 e. The van der Waals surface area contributed by atoms with Gasteiger partial charge in [0.1, 0.15) is 0 Å². The van der Waals surface area contributed by atoms with Crippen molar-refractivity contribution in [3.63, 3.8) is 0 Å². The molecule has 0 radical (unpaired) electrons. The van der Waals surface area contributed by atoms with Gasteiger partial charge in [0.15, 0.2) is 0 Å². The Morgan fingerprint density at radius 2 is 2.30 bits per heavy atom. The van der Waals surface area contributed by atoms with Gasteiger partial charge >= 0.3 is 0 Å². The van der Waals surface area contributed by atoms with Gasteiger partial charge in [0.2, 0.25) is 5.91 Å². The molecule has 0 fully saturated rings. The molecule has 0 aliphatic carbocycles. The van der Waals surface area contributed by atoms with E-state index in [4.69, 9.17) is 4.74 Å². The average Bonchev–Trinajstić information content (AvgIpc) is 2.50. The average molecular weight is 274 g/mol. The molecule has 108 valence electrons. The van der Waals surface area contributed by atoms with Crippen molar-refractivity contribution in [3.05, 3.63) is 48.0 Å². The minimum absolute atomic E-state index is 0.0666. The molecule has 0 saturated heterocycles. The summed E-state index contributed by atoms with van der Waals surface area (Å²) in [6.45, 7) is 6.92. The van der Waals surface area contributed by atoms with Gasteiger partial charge in [-0.1, -0.05) is 30.3 Å². The van der Waals surface area contributed by atoms with Gasteiger partial charge in [0.25, 0.3) is 0 Å². The Morgan fingerprint density at radius 3 is 3.15 bits per heavy atom. The van der Waals surface area contributed by atoms with Crippen molar-refractivity contribution < 1.29 is 9.53 Å². The number of rotatable bonds is 7. The van der Waals surface area contributed by atoms with Crippen molar-refractivity contribution in [2.24, 2.45) is 0 Å². The van der Waals surface area contributed by atoms with Gasteiger partial charge in [-0.25, -0.2) is 0 Å². The molecular weight excluding hydrogens is 252 g/mol. The molecular formula is C16H22N2O2. The number of carbonyl (C=O) groups excluding carboxylic acids is 1. The molecule has 1 atom stereocenters. The summed E-state index contributed by atoms with van der Waals surface area (Å²) >= 11 is 0. The fourth-order valence-electron chi connectivity index (χ4n) is 2.37. The quantitative estimate of drug-likeness (QED) is 0.586. The van der Waals surface area contributed by atoms with E-state index in [0.29, 0.717) is 26.3 Å². The number of fused-ring (bicyclic) bond motifs is 1. The Morgan fingerprint density at radius 1 is 1.45 bits per heavy atom. The SMILES string of the molecule is C=CCCOCCNC(=O)C1CNCc2ccccc21. The summed E-state index contributed by atoms with van der Waals surface area (Å²) in [5.74, 6) is -0.0369. The first-order valence-electron chi connectivity index (χ1n) is 7.08. The lowest BCUT2D eigenvalue weighted by atomic mass is 9.90. The third-order valence-corrected chi connectivity index (χ3v) is 3.42. The van der Waals surface area contributed by atoms with Crippen LogP contribution in [0.2, 0.25) is 0 Å². The standard InChI is InChI=1S/C16H22N2O2/c1-2-3-9-20-10-8-18-16(19)15-12-17-11-13-6-4-5-7-14(13)15/h2,4-7,15,17H,1,3,8-12H2,(H,18,19). The lowest BCUT2D eigenvalue weighted by Crippen LogP contribution is -2.39. The molecule has 1 unspecified atom stereocenters. The Hall–Kier alpha value is -1.65. The fraction of sp³-hybridized carbons (Fsp3) is 0.438. The summed E-state index contributed by atoms with van der Waals surface area (Å²) in [6, 6.07) is 8.11. The maximum atomic E-state index is 12.2. The van der Waals surface area contributed by atoms with Crippen molar-refractivity contribution >= 4 is 5.91 Å². The zero-order valence-corrected chi connectivity index (χ0v) is 11.7. The molecule has 4 heteroatoms. The molecule has 1 aliphatic heterocycles. The van der Waals surface area contributed by atoms with Crippen LogP contribution in [0, 0.1) is 0 Å². The van der Waals surface area contributed by atoms with E-state index in [1.165, 1.54) is 5.56 Å². The first-order chi connectivity index (χ1) is 9.83. The zero-order chi connectivity index (χ0) is 14.2. The highest BCUT2D eigenvalue weighted by atomic mass is 16.5. The first-order valence-corrected chi connectivity index (χ1v) is 7.08. The zero-order valence-electron chi connectivity index (χ0n) is 11.7. The van der Waals surface area contributed by atoms with Gasteiger partial charge in [-0.05, 0) is 17.5 Å². The fourth-order valence-corrected chi connectivity index (χ4v) is 2.37. The maximum Gasteiger partial charge on any atom is 0.228 e. The van der Waals surface area contributed by atoms with Crippen LogP contribution < -0.4 is 10.6 Å². The summed E-state index contributed by atoms with van der Waals surface area (Å²) in [6.07, 6.45) is 2.66. The van der Waals surface area contributed by atoms with E-state index in [2.05, 4.69) is 23.3 Å². The van der Waals surface area contributed by atoms with Crippen LogP contribution in [0.25, 0.3) is 0 Å². The predicted octanol–water partition coefficient (Wildman–Crippen LogP) is 1.58. The van der Waals surface area contributed by atoms with Crippen molar-refractivity contribution in [2.45, 2.75) is 18.9 Å². The van der Waals surface area contributed by atoms with Gasteiger partial charge in [-0.3, -0.25) is 4.79 Å². The molecule has 1 aliphatic rings. The largest absolute Gasteiger partial charge is 0.379 e. The summed E-state index contributed by atoms with van der Waals surface area (Å²) in [7, 11) is 0. The van der Waals surface area contributed by atoms with Crippen LogP contribution in [0.15, 0.2) is 36.9 Å². The molecule has 0 bridgehead atoms. The summed E-state index contributed by atoms with van der Waals surface area (Å²) in [4.78, 5) is 12.2. The van der Waals surface area contributed by atoms with Crippen LogP contribution in [-0.2, 0) is 16.1 Å². The summed E-state index contributed by atoms with van der Waals surface area (Å²) in [5.41, 5.74) is 2.34. The van der Waals surface area contributed by atoms with E-state index in [0.717, 1.165) is 18.5 Å². The Bertz CT molecular complexity index is 460. The predicted molar refractivity (Wildman–Crippen MR) is 79.5 cm³/mol. The second-order valence-corrected chi connectivity index (χ2v) is 4.86. The number of hydrogen-bond donors (Lipinski definition) is 2. The van der Waals surface area contributed by atoms with E-state index >= 15 is 0 Å². The van der Waals surface area contributed by atoms with Crippen molar-refractivity contribution in [1.29, 1.82) is 0 Å². The number of hydrogen-bond acceptors (Lipinski definition) is 3. The maximum absolute atomic E-state index is 12.2. The van der Waals surface area contributed by atoms with Crippen LogP contribution in [-0.4, -0.2) is 32.2 Å². The molecule has 2 rings (SSSR count). The molecule has 2 N–H and O–H groups in total. The first kappa shape index (κ1) is 14.8. The third-order valence-electron chi connectivity index (χ3n) is 3.42. The molecule has 1 heterocycles. The van der Waals surface area contributed by atoms with Crippen LogP contribution in [0.1, 0.15) is 23.5 Å². The van der Waals surface area contributed by atoms with Gasteiger partial charge < -0.3 is 15.4 Å². The van der Waals surface area contributed by atoms with E-state index in [1.807, 2.05) is 24.3 Å². The number of amides is 1. The van der Waals surface area contributed by atoms with Gasteiger partial charge in [-0.2, -0.15) is 0 Å². The summed E-state index contributed by atoms with van der Waals surface area (Å²) < 4.78 is 5.38. The lowest BCUT2D eigenvalue weighted by molar-refractivity contribution is -0.122. The van der Waals surface area contributed by atoms with E-state index in [-0.39, 0.29) is 11.8 Å².